The Kier molecular flexibility index (Phi) is 4.22. The number of carbonyl (C=O) groups is 2. The molecular formula is C14H15N3O4. The van der Waals surface area contributed by atoms with Crippen molar-refractivity contribution in [1.82, 2.24) is 10.5 Å². The number of carboxylic acids is 1. The third-order valence-corrected chi connectivity index (χ3v) is 2.83. The minimum absolute atomic E-state index is 0.113. The number of aromatic nitrogens is 1. The molecule has 0 unspecified atom stereocenters. The van der Waals surface area contributed by atoms with Crippen molar-refractivity contribution in [2.45, 2.75) is 20.4 Å². The largest absolute Gasteiger partial charge is 0.478 e. The molecule has 0 aliphatic carbocycles. The zero-order chi connectivity index (χ0) is 15.4. The molecule has 7 nitrogen and oxygen atoms in total. The van der Waals surface area contributed by atoms with Crippen LogP contribution >= 0.6 is 0 Å². The van der Waals surface area contributed by atoms with Crippen molar-refractivity contribution >= 4 is 17.7 Å². The van der Waals surface area contributed by atoms with Crippen molar-refractivity contribution in [2.75, 3.05) is 5.32 Å². The number of hydrogen-bond donors (Lipinski definition) is 3. The molecule has 0 aliphatic rings. The number of amides is 2. The van der Waals surface area contributed by atoms with Crippen LogP contribution in [0.25, 0.3) is 0 Å². The molecule has 0 saturated heterocycles. The summed E-state index contributed by atoms with van der Waals surface area (Å²) in [4.78, 5) is 22.7. The van der Waals surface area contributed by atoms with E-state index in [1.807, 2.05) is 0 Å². The summed E-state index contributed by atoms with van der Waals surface area (Å²) in [5.41, 5.74) is 2.06. The fraction of sp³-hybridized carbons (Fsp3) is 0.214. The number of carboxylic acid groups (broad SMARTS) is 1. The Morgan fingerprint density at radius 2 is 2.05 bits per heavy atom. The number of anilines is 1. The maximum Gasteiger partial charge on any atom is 0.335 e. The van der Waals surface area contributed by atoms with Crippen molar-refractivity contribution in [2.24, 2.45) is 0 Å². The van der Waals surface area contributed by atoms with E-state index in [9.17, 15) is 9.59 Å². The average molecular weight is 289 g/mol. The SMILES string of the molecule is Cc1cc(CNC(=O)Nc2cc(C(=O)O)ccc2C)on1. The highest BCUT2D eigenvalue weighted by Crippen LogP contribution is 2.16. The Morgan fingerprint density at radius 3 is 2.67 bits per heavy atom. The summed E-state index contributed by atoms with van der Waals surface area (Å²) >= 11 is 0. The maximum atomic E-state index is 11.8. The van der Waals surface area contributed by atoms with E-state index in [-0.39, 0.29) is 12.1 Å². The van der Waals surface area contributed by atoms with Crippen LogP contribution in [0.4, 0.5) is 10.5 Å². The standard InChI is InChI=1S/C14H15N3O4/c1-8-3-4-10(13(18)19)6-12(8)16-14(20)15-7-11-5-9(2)17-21-11/h3-6H,7H2,1-2H3,(H,18,19)(H2,15,16,20). The molecule has 7 heteroatoms. The van der Waals surface area contributed by atoms with Crippen LogP contribution in [0.15, 0.2) is 28.8 Å². The van der Waals surface area contributed by atoms with Gasteiger partial charge in [0.1, 0.15) is 0 Å². The fourth-order valence-electron chi connectivity index (χ4n) is 1.72. The molecule has 0 atom stereocenters. The van der Waals surface area contributed by atoms with Gasteiger partial charge in [-0.1, -0.05) is 11.2 Å². The Hall–Kier alpha value is -2.83. The van der Waals surface area contributed by atoms with Crippen LogP contribution in [0.1, 0.15) is 27.4 Å². The Balaban J connectivity index is 1.99. The van der Waals surface area contributed by atoms with Crippen molar-refractivity contribution in [3.05, 3.63) is 46.8 Å². The number of hydrogen-bond acceptors (Lipinski definition) is 4. The van der Waals surface area contributed by atoms with Crippen molar-refractivity contribution < 1.29 is 19.2 Å². The molecular weight excluding hydrogens is 274 g/mol. The van der Waals surface area contributed by atoms with Crippen LogP contribution in [-0.4, -0.2) is 22.3 Å². The van der Waals surface area contributed by atoms with Gasteiger partial charge in [-0.3, -0.25) is 0 Å². The molecule has 1 aromatic heterocycles. The first-order valence-corrected chi connectivity index (χ1v) is 6.26. The number of aryl methyl sites for hydroxylation is 2. The lowest BCUT2D eigenvalue weighted by Crippen LogP contribution is -2.28. The van der Waals surface area contributed by atoms with E-state index in [0.29, 0.717) is 11.4 Å². The van der Waals surface area contributed by atoms with Gasteiger partial charge >= 0.3 is 12.0 Å². The number of urea groups is 1. The summed E-state index contributed by atoms with van der Waals surface area (Å²) in [6.45, 7) is 3.76. The van der Waals surface area contributed by atoms with Gasteiger partial charge in [0.2, 0.25) is 0 Å². The quantitative estimate of drug-likeness (QED) is 0.801. The molecule has 0 saturated carbocycles. The van der Waals surface area contributed by atoms with Crippen LogP contribution in [-0.2, 0) is 6.54 Å². The summed E-state index contributed by atoms with van der Waals surface area (Å²) < 4.78 is 4.97. The smallest absolute Gasteiger partial charge is 0.335 e. The average Bonchev–Trinajstić information content (AvgIpc) is 2.84. The van der Waals surface area contributed by atoms with E-state index in [2.05, 4.69) is 15.8 Å². The number of nitrogens with one attached hydrogen (secondary N) is 2. The van der Waals surface area contributed by atoms with Crippen LogP contribution in [0, 0.1) is 13.8 Å². The van der Waals surface area contributed by atoms with E-state index in [1.54, 1.807) is 26.0 Å². The third kappa shape index (κ3) is 3.82. The van der Waals surface area contributed by atoms with Gasteiger partial charge < -0.3 is 20.3 Å². The second kappa shape index (κ2) is 6.08. The van der Waals surface area contributed by atoms with Gasteiger partial charge in [-0.05, 0) is 31.5 Å². The first-order valence-electron chi connectivity index (χ1n) is 6.26. The van der Waals surface area contributed by atoms with Crippen molar-refractivity contribution in [3.8, 4) is 0 Å². The minimum atomic E-state index is -1.05. The highest BCUT2D eigenvalue weighted by Gasteiger charge is 2.09. The predicted octanol–water partition coefficient (Wildman–Crippen LogP) is 2.31. The summed E-state index contributed by atoms with van der Waals surface area (Å²) in [6.07, 6.45) is 0. The molecule has 0 fully saturated rings. The van der Waals surface area contributed by atoms with Crippen LogP contribution in [0.2, 0.25) is 0 Å². The highest BCUT2D eigenvalue weighted by atomic mass is 16.5. The normalized spacial score (nSPS) is 10.2. The number of aromatic carboxylic acids is 1. The first-order chi connectivity index (χ1) is 9.95. The molecule has 0 aliphatic heterocycles. The summed E-state index contributed by atoms with van der Waals surface area (Å²) in [7, 11) is 0. The lowest BCUT2D eigenvalue weighted by molar-refractivity contribution is 0.0697. The molecule has 0 radical (unpaired) electrons. The van der Waals surface area contributed by atoms with Crippen LogP contribution in [0.5, 0.6) is 0 Å². The van der Waals surface area contributed by atoms with Crippen molar-refractivity contribution in [1.29, 1.82) is 0 Å². The zero-order valence-electron chi connectivity index (χ0n) is 11.6. The second-order valence-corrected chi connectivity index (χ2v) is 4.58. The lowest BCUT2D eigenvalue weighted by Gasteiger charge is -2.09. The highest BCUT2D eigenvalue weighted by molar-refractivity contribution is 5.93. The van der Waals surface area contributed by atoms with Gasteiger partial charge in [0.25, 0.3) is 0 Å². The Bertz CT molecular complexity index is 679. The van der Waals surface area contributed by atoms with Crippen LogP contribution < -0.4 is 10.6 Å². The van der Waals surface area contributed by atoms with Gasteiger partial charge in [-0.15, -0.1) is 0 Å². The number of rotatable bonds is 4. The predicted molar refractivity (Wildman–Crippen MR) is 75.2 cm³/mol. The Labute approximate surface area is 120 Å². The maximum absolute atomic E-state index is 11.8. The molecule has 21 heavy (non-hydrogen) atoms. The monoisotopic (exact) mass is 289 g/mol. The molecule has 0 bridgehead atoms. The minimum Gasteiger partial charge on any atom is -0.478 e. The van der Waals surface area contributed by atoms with E-state index in [0.717, 1.165) is 11.3 Å². The molecule has 3 N–H and O–H groups in total. The molecule has 1 heterocycles. The van der Waals surface area contributed by atoms with Gasteiger partial charge in [0.15, 0.2) is 5.76 Å². The molecule has 110 valence electrons. The number of carbonyl (C=O) groups excluding carboxylic acids is 1. The molecule has 2 rings (SSSR count). The fourth-order valence-corrected chi connectivity index (χ4v) is 1.72. The van der Waals surface area contributed by atoms with E-state index in [4.69, 9.17) is 9.63 Å². The summed E-state index contributed by atoms with van der Waals surface area (Å²) in [6, 6.07) is 5.80. The topological polar surface area (TPSA) is 104 Å². The number of nitrogens with zero attached hydrogens (tertiary/aromatic N) is 1. The molecule has 1 aromatic carbocycles. The zero-order valence-corrected chi connectivity index (χ0v) is 11.6. The first kappa shape index (κ1) is 14.6. The van der Waals surface area contributed by atoms with Gasteiger partial charge in [0, 0.05) is 11.8 Å². The van der Waals surface area contributed by atoms with E-state index >= 15 is 0 Å². The molecule has 0 spiro atoms. The summed E-state index contributed by atoms with van der Waals surface area (Å²) in [5, 5.41) is 17.9. The summed E-state index contributed by atoms with van der Waals surface area (Å²) in [5.74, 6) is -0.505. The van der Waals surface area contributed by atoms with Crippen molar-refractivity contribution in [3.63, 3.8) is 0 Å². The third-order valence-electron chi connectivity index (χ3n) is 2.83. The van der Waals surface area contributed by atoms with E-state index < -0.39 is 12.0 Å². The van der Waals surface area contributed by atoms with Gasteiger partial charge in [-0.2, -0.15) is 0 Å². The molecule has 2 aromatic rings. The van der Waals surface area contributed by atoms with Gasteiger partial charge in [-0.25, -0.2) is 9.59 Å². The number of benzene rings is 1. The van der Waals surface area contributed by atoms with Gasteiger partial charge in [0.05, 0.1) is 17.8 Å². The molecule has 2 amide bonds. The Morgan fingerprint density at radius 1 is 1.29 bits per heavy atom. The lowest BCUT2D eigenvalue weighted by atomic mass is 10.1. The second-order valence-electron chi connectivity index (χ2n) is 4.58. The van der Waals surface area contributed by atoms with E-state index in [1.165, 1.54) is 12.1 Å². The van der Waals surface area contributed by atoms with Crippen LogP contribution in [0.3, 0.4) is 0 Å².